The van der Waals surface area contributed by atoms with Gasteiger partial charge in [-0.3, -0.25) is 4.79 Å². The number of ether oxygens (including phenoxy) is 1. The largest absolute Gasteiger partial charge is 0.463 e. The summed E-state index contributed by atoms with van der Waals surface area (Å²) in [6.07, 6.45) is 0.863. The second-order valence-electron chi connectivity index (χ2n) is 8.65. The van der Waals surface area contributed by atoms with E-state index in [2.05, 4.69) is 0 Å². The molecule has 1 saturated carbocycles. The van der Waals surface area contributed by atoms with Crippen LogP contribution in [0.3, 0.4) is 0 Å². The van der Waals surface area contributed by atoms with Gasteiger partial charge in [0.05, 0.1) is 25.8 Å². The van der Waals surface area contributed by atoms with E-state index in [0.717, 1.165) is 6.42 Å². The van der Waals surface area contributed by atoms with Crippen LogP contribution in [0.2, 0.25) is 0 Å². The highest BCUT2D eigenvalue weighted by molar-refractivity contribution is 5.69. The molecule has 2 rings (SSSR count). The molecular formula is C26H40O5. The molecule has 3 N–H and O–H groups in total. The van der Waals surface area contributed by atoms with Gasteiger partial charge in [-0.2, -0.15) is 0 Å². The van der Waals surface area contributed by atoms with Crippen molar-refractivity contribution in [3.63, 3.8) is 0 Å². The highest BCUT2D eigenvalue weighted by Crippen LogP contribution is 2.38. The molecule has 1 fully saturated rings. The molecule has 0 bridgehead atoms. The number of carbonyl (C=O) groups excluding carboxylic acids is 1. The average Bonchev–Trinajstić information content (AvgIpc) is 3.18. The first kappa shape index (κ1) is 17.8. The lowest BCUT2D eigenvalue weighted by Gasteiger charge is -2.23. The highest BCUT2D eigenvalue weighted by Gasteiger charge is 2.40. The molecule has 0 heterocycles. The second kappa shape index (κ2) is 13.7. The predicted molar refractivity (Wildman–Crippen MR) is 122 cm³/mol. The number of carbonyl (C=O) groups is 1. The minimum atomic E-state index is -1.91. The third-order valence-corrected chi connectivity index (χ3v) is 5.79. The second-order valence-corrected chi connectivity index (χ2v) is 8.65. The molecule has 0 spiro atoms. The van der Waals surface area contributed by atoms with Crippen molar-refractivity contribution >= 4 is 5.97 Å². The highest BCUT2D eigenvalue weighted by atomic mass is 16.5. The van der Waals surface area contributed by atoms with Crippen LogP contribution < -0.4 is 0 Å². The summed E-state index contributed by atoms with van der Waals surface area (Å²) in [5, 5.41) is 14.9. The number of aliphatic hydroxyl groups is 3. The molecule has 1 aromatic rings. The zero-order valence-electron chi connectivity index (χ0n) is 24.6. The van der Waals surface area contributed by atoms with E-state index in [-0.39, 0.29) is 36.5 Å². The number of benzene rings is 1. The number of aryl methyl sites for hydroxylation is 1. The molecule has 0 aromatic heterocycles. The maximum Gasteiger partial charge on any atom is 0.306 e. The Kier molecular flexibility index (Phi) is 7.85. The molecule has 0 aliphatic heterocycles. The van der Waals surface area contributed by atoms with Crippen LogP contribution in [0.15, 0.2) is 42.5 Å². The van der Waals surface area contributed by atoms with Crippen molar-refractivity contribution in [3.05, 3.63) is 48.0 Å². The summed E-state index contributed by atoms with van der Waals surface area (Å²) in [5.41, 5.74) is 1.17. The van der Waals surface area contributed by atoms with Crippen LogP contribution in [0.1, 0.15) is 74.8 Å². The fraction of sp³-hybridized carbons (Fsp3) is 0.654. The van der Waals surface area contributed by atoms with Gasteiger partial charge in [0.2, 0.25) is 4.29 Å². The molecule has 31 heavy (non-hydrogen) atoms. The standard InChI is InChI=1S/C26H40O5/c1-19(2)31-26(30)13-9-4-3-8-12-22-23(25(29)18-24(22)28)17-16-21(27)15-14-20-10-6-5-7-11-20/h3,5-8,10-11,19,21-25,27-29H,4,9,12-18H2,1-2H3/b8-3-/t21-,22+,23+,24?,25+/m0/s1/i3D,9D2,27D,28D,29D. The van der Waals surface area contributed by atoms with Crippen molar-refractivity contribution in [2.24, 2.45) is 11.8 Å². The van der Waals surface area contributed by atoms with Crippen molar-refractivity contribution in [2.45, 2.75) is 96.0 Å². The Labute approximate surface area is 195 Å². The van der Waals surface area contributed by atoms with Crippen LogP contribution in [-0.4, -0.2) is 50.0 Å². The van der Waals surface area contributed by atoms with Gasteiger partial charge in [0.1, 0.15) is 0 Å². The average molecular weight is 439 g/mol. The molecule has 0 amide bonds. The molecule has 0 radical (unpaired) electrons. The van der Waals surface area contributed by atoms with Crippen molar-refractivity contribution in [3.8, 4) is 0 Å². The van der Waals surface area contributed by atoms with Gasteiger partial charge < -0.3 is 20.1 Å². The van der Waals surface area contributed by atoms with Gasteiger partial charge in [0.25, 0.3) is 0 Å². The van der Waals surface area contributed by atoms with E-state index in [4.69, 9.17) is 28.5 Å². The van der Waals surface area contributed by atoms with E-state index in [1.165, 1.54) is 5.56 Å². The molecule has 0 saturated heterocycles. The zero-order chi connectivity index (χ0) is 27.4. The molecule has 1 aliphatic rings. The number of rotatable bonds is 16. The fourth-order valence-electron chi connectivity index (χ4n) is 4.18. The zero-order valence-corrected chi connectivity index (χ0v) is 18.6. The van der Waals surface area contributed by atoms with Gasteiger partial charge in [0, 0.05) is 9.16 Å². The fourth-order valence-corrected chi connectivity index (χ4v) is 4.18. The van der Waals surface area contributed by atoms with Gasteiger partial charge in [0.15, 0.2) is 0 Å². The number of hydrogen-bond acceptors (Lipinski definition) is 5. The summed E-state index contributed by atoms with van der Waals surface area (Å²) in [7, 11) is 0. The molecule has 1 unspecified atom stereocenters. The van der Waals surface area contributed by atoms with Gasteiger partial charge in [-0.15, -0.1) is 0 Å². The van der Waals surface area contributed by atoms with Gasteiger partial charge in [-0.1, -0.05) is 42.5 Å². The van der Waals surface area contributed by atoms with Crippen LogP contribution in [0.4, 0.5) is 0 Å². The first-order chi connectivity index (χ1) is 17.6. The molecule has 174 valence electrons. The SMILES string of the molecule is [2H]OC1C[C@@H](O[2H])[C@H](CC[C@H](CCc2ccccc2)O[2H])[C@H]1C/C=C(/[2H])CC([2H])([2H])CC(=O)OC(C)C. The quantitative estimate of drug-likeness (QED) is 0.266. The summed E-state index contributed by atoms with van der Waals surface area (Å²) in [4.78, 5) is 11.9. The smallest absolute Gasteiger partial charge is 0.306 e. The molecule has 5 heteroatoms. The Bertz CT molecular complexity index is 838. The van der Waals surface area contributed by atoms with Gasteiger partial charge in [-0.05, 0) is 82.6 Å². The lowest BCUT2D eigenvalue weighted by atomic mass is 9.85. The number of allylic oxidation sites excluding steroid dienone is 2. The number of aliphatic hydroxyl groups excluding tert-OH is 3. The maximum atomic E-state index is 11.9. The van der Waals surface area contributed by atoms with Crippen molar-refractivity contribution in [2.75, 3.05) is 0 Å². The molecule has 1 aliphatic carbocycles. The lowest BCUT2D eigenvalue weighted by molar-refractivity contribution is -0.147. The van der Waals surface area contributed by atoms with Crippen LogP contribution in [0, 0.1) is 11.8 Å². The molecule has 5 nitrogen and oxygen atoms in total. The lowest BCUT2D eigenvalue weighted by Crippen LogP contribution is -2.23. The Morgan fingerprint density at radius 3 is 2.74 bits per heavy atom. The number of esters is 1. The third-order valence-electron chi connectivity index (χ3n) is 5.79. The van der Waals surface area contributed by atoms with E-state index >= 15 is 0 Å². The summed E-state index contributed by atoms with van der Waals surface area (Å²) in [5.74, 6) is -0.977. The van der Waals surface area contributed by atoms with Crippen LogP contribution in [-0.2, 0) is 16.0 Å². The van der Waals surface area contributed by atoms with E-state index in [1.807, 2.05) is 30.3 Å². The normalized spacial score (nSPS) is 28.2. The third kappa shape index (κ3) is 9.55. The van der Waals surface area contributed by atoms with Gasteiger partial charge in [-0.25, -0.2) is 0 Å². The van der Waals surface area contributed by atoms with E-state index in [1.54, 1.807) is 19.9 Å². The van der Waals surface area contributed by atoms with Crippen LogP contribution in [0.25, 0.3) is 0 Å². The van der Waals surface area contributed by atoms with Crippen LogP contribution in [0.5, 0.6) is 0 Å². The van der Waals surface area contributed by atoms with Crippen molar-refractivity contribution in [1.82, 2.24) is 0 Å². The maximum absolute atomic E-state index is 11.9. The summed E-state index contributed by atoms with van der Waals surface area (Å²) >= 11 is 0. The number of hydrogen-bond donors (Lipinski definition) is 3. The van der Waals surface area contributed by atoms with E-state index in [9.17, 15) is 4.79 Å². The molecule has 1 aromatic carbocycles. The Balaban J connectivity index is 1.99. The van der Waals surface area contributed by atoms with Crippen LogP contribution >= 0.6 is 0 Å². The topological polar surface area (TPSA) is 87.0 Å². The summed E-state index contributed by atoms with van der Waals surface area (Å²) in [6.45, 7) is 3.39. The van der Waals surface area contributed by atoms with Gasteiger partial charge >= 0.3 is 5.97 Å². The summed E-state index contributed by atoms with van der Waals surface area (Å²) in [6, 6.07) is 10.0. The summed E-state index contributed by atoms with van der Waals surface area (Å²) < 4.78 is 52.0. The first-order valence-corrected chi connectivity index (χ1v) is 11.3. The minimum Gasteiger partial charge on any atom is -0.463 e. The Morgan fingerprint density at radius 2 is 2.03 bits per heavy atom. The van der Waals surface area contributed by atoms with Crippen molar-refractivity contribution in [1.29, 1.82) is 4.29 Å². The van der Waals surface area contributed by atoms with E-state index < -0.39 is 31.0 Å². The molecular weight excluding hydrogens is 392 g/mol. The first-order valence-electron chi connectivity index (χ1n) is 14.1. The monoisotopic (exact) mass is 438 g/mol. The predicted octanol–water partition coefficient (Wildman–Crippen LogP) is 4.19. The minimum absolute atomic E-state index is 0.0512. The Hall–Kier alpha value is -1.69. The Morgan fingerprint density at radius 1 is 1.26 bits per heavy atom. The molecule has 5 atom stereocenters. The van der Waals surface area contributed by atoms with Crippen molar-refractivity contribution < 1.29 is 29.0 Å². The van der Waals surface area contributed by atoms with E-state index in [0.29, 0.717) is 32.1 Å².